The smallest absolute Gasteiger partial charge is 0.252 e. The Balaban J connectivity index is 1.78. The van der Waals surface area contributed by atoms with Crippen LogP contribution in [-0.4, -0.2) is 24.0 Å². The Morgan fingerprint density at radius 3 is 2.76 bits per heavy atom. The lowest BCUT2D eigenvalue weighted by molar-refractivity contribution is 0.0953. The third-order valence-corrected chi connectivity index (χ3v) is 5.96. The van der Waals surface area contributed by atoms with Crippen molar-refractivity contribution in [1.82, 2.24) is 5.32 Å². The second-order valence-electron chi connectivity index (χ2n) is 5.14. The fraction of sp³-hybridized carbons (Fsp3) is 0.211. The van der Waals surface area contributed by atoms with Gasteiger partial charge in [-0.15, -0.1) is 18.3 Å². The minimum Gasteiger partial charge on any atom is -0.351 e. The summed E-state index contributed by atoms with van der Waals surface area (Å²) in [6.07, 6.45) is 1.83. The summed E-state index contributed by atoms with van der Waals surface area (Å²) in [6.45, 7) is 4.32. The molecule has 0 saturated heterocycles. The van der Waals surface area contributed by atoms with Gasteiger partial charge in [0.05, 0.1) is 5.56 Å². The number of hydrogen-bond donors (Lipinski definition) is 1. The van der Waals surface area contributed by atoms with Crippen molar-refractivity contribution in [2.75, 3.05) is 18.1 Å². The molecule has 2 nitrogen and oxygen atoms in total. The predicted molar refractivity (Wildman–Crippen MR) is 112 cm³/mol. The Bertz CT molecular complexity index is 737. The van der Waals surface area contributed by atoms with Crippen LogP contribution >= 0.6 is 46.7 Å². The van der Waals surface area contributed by atoms with Crippen LogP contribution in [0.3, 0.4) is 0 Å². The Morgan fingerprint density at radius 2 is 2.00 bits per heavy atom. The second-order valence-corrected chi connectivity index (χ2v) is 8.15. The highest BCUT2D eigenvalue weighted by molar-refractivity contribution is 7.99. The molecule has 2 aromatic rings. The number of carbonyl (C=O) groups excluding carboxylic acids is 1. The van der Waals surface area contributed by atoms with E-state index in [2.05, 4.69) is 11.9 Å². The zero-order chi connectivity index (χ0) is 18.1. The van der Waals surface area contributed by atoms with Crippen molar-refractivity contribution in [3.8, 4) is 0 Å². The summed E-state index contributed by atoms with van der Waals surface area (Å²) >= 11 is 15.4. The summed E-state index contributed by atoms with van der Waals surface area (Å²) in [5.41, 5.74) is 1.76. The maximum atomic E-state index is 12.4. The van der Waals surface area contributed by atoms with E-state index in [1.807, 2.05) is 42.5 Å². The molecule has 1 amide bonds. The van der Waals surface area contributed by atoms with Crippen molar-refractivity contribution in [2.24, 2.45) is 0 Å². The quantitative estimate of drug-likeness (QED) is 0.314. The molecule has 0 bridgehead atoms. The molecule has 0 fully saturated rings. The van der Waals surface area contributed by atoms with E-state index in [1.54, 1.807) is 29.6 Å². The van der Waals surface area contributed by atoms with Crippen LogP contribution in [0.1, 0.15) is 15.9 Å². The lowest BCUT2D eigenvalue weighted by Crippen LogP contribution is -2.26. The van der Waals surface area contributed by atoms with Crippen LogP contribution in [0.2, 0.25) is 10.0 Å². The molecule has 0 aliphatic heterocycles. The summed E-state index contributed by atoms with van der Waals surface area (Å²) in [6, 6.07) is 13.1. The number of benzene rings is 2. The number of carbonyl (C=O) groups is 1. The SMILES string of the molecule is C=CCSc1ccccc1C(=O)NCCSCc1ccc(Cl)cc1Cl. The van der Waals surface area contributed by atoms with Gasteiger partial charge in [-0.1, -0.05) is 47.5 Å². The van der Waals surface area contributed by atoms with Gasteiger partial charge in [0.2, 0.25) is 0 Å². The second kappa shape index (κ2) is 10.8. The number of halogens is 2. The van der Waals surface area contributed by atoms with Gasteiger partial charge in [0.25, 0.3) is 5.91 Å². The van der Waals surface area contributed by atoms with Gasteiger partial charge in [0.1, 0.15) is 0 Å². The van der Waals surface area contributed by atoms with Gasteiger partial charge in [0.15, 0.2) is 0 Å². The van der Waals surface area contributed by atoms with Gasteiger partial charge in [-0.25, -0.2) is 0 Å². The summed E-state index contributed by atoms with van der Waals surface area (Å²) in [4.78, 5) is 13.3. The van der Waals surface area contributed by atoms with E-state index in [1.165, 1.54) is 0 Å². The molecule has 132 valence electrons. The Morgan fingerprint density at radius 1 is 1.20 bits per heavy atom. The Hall–Kier alpha value is -1.07. The van der Waals surface area contributed by atoms with Crippen molar-refractivity contribution in [3.63, 3.8) is 0 Å². The first kappa shape index (κ1) is 20.2. The normalized spacial score (nSPS) is 10.5. The molecule has 0 atom stereocenters. The van der Waals surface area contributed by atoms with Gasteiger partial charge in [0, 0.05) is 38.7 Å². The number of thioether (sulfide) groups is 2. The van der Waals surface area contributed by atoms with E-state index in [0.717, 1.165) is 27.7 Å². The number of amides is 1. The number of rotatable bonds is 9. The minimum atomic E-state index is -0.0442. The van der Waals surface area contributed by atoms with E-state index in [-0.39, 0.29) is 5.91 Å². The lowest BCUT2D eigenvalue weighted by Gasteiger charge is -2.09. The van der Waals surface area contributed by atoms with Gasteiger partial charge in [-0.3, -0.25) is 4.79 Å². The number of hydrogen-bond acceptors (Lipinski definition) is 3. The van der Waals surface area contributed by atoms with Gasteiger partial charge >= 0.3 is 0 Å². The Labute approximate surface area is 167 Å². The summed E-state index contributed by atoms with van der Waals surface area (Å²) in [7, 11) is 0. The van der Waals surface area contributed by atoms with Crippen molar-refractivity contribution in [2.45, 2.75) is 10.6 Å². The van der Waals surface area contributed by atoms with Crippen LogP contribution in [0.4, 0.5) is 0 Å². The zero-order valence-electron chi connectivity index (χ0n) is 13.6. The fourth-order valence-electron chi connectivity index (χ4n) is 2.08. The molecule has 6 heteroatoms. The molecule has 0 heterocycles. The number of nitrogens with one attached hydrogen (secondary N) is 1. The first-order chi connectivity index (χ1) is 12.1. The zero-order valence-corrected chi connectivity index (χ0v) is 16.8. The average molecular weight is 412 g/mol. The fourth-order valence-corrected chi connectivity index (χ4v) is 4.29. The van der Waals surface area contributed by atoms with E-state index in [9.17, 15) is 4.79 Å². The predicted octanol–water partition coefficient (Wildman–Crippen LogP) is 5.93. The molecule has 0 unspecified atom stereocenters. The molecule has 0 radical (unpaired) electrons. The van der Waals surface area contributed by atoms with Crippen molar-refractivity contribution < 1.29 is 4.79 Å². The summed E-state index contributed by atoms with van der Waals surface area (Å²) < 4.78 is 0. The van der Waals surface area contributed by atoms with E-state index < -0.39 is 0 Å². The molecule has 1 N–H and O–H groups in total. The standard InChI is InChI=1S/C19H19Cl2NOS2/c1-2-10-25-18-6-4-3-5-16(18)19(23)22-9-11-24-13-14-7-8-15(20)12-17(14)21/h2-8,12H,1,9-11,13H2,(H,22,23). The molecule has 0 aliphatic carbocycles. The molecule has 25 heavy (non-hydrogen) atoms. The van der Waals surface area contributed by atoms with Crippen LogP contribution in [0, 0.1) is 0 Å². The van der Waals surface area contributed by atoms with Crippen LogP contribution in [0.5, 0.6) is 0 Å². The topological polar surface area (TPSA) is 29.1 Å². The van der Waals surface area contributed by atoms with Crippen LogP contribution in [-0.2, 0) is 5.75 Å². The Kier molecular flexibility index (Phi) is 8.76. The third kappa shape index (κ3) is 6.63. The van der Waals surface area contributed by atoms with Crippen molar-refractivity contribution in [1.29, 1.82) is 0 Å². The third-order valence-electron chi connectivity index (χ3n) is 3.29. The van der Waals surface area contributed by atoms with E-state index >= 15 is 0 Å². The maximum Gasteiger partial charge on any atom is 0.252 e. The molecular weight excluding hydrogens is 393 g/mol. The minimum absolute atomic E-state index is 0.0442. The van der Waals surface area contributed by atoms with Crippen LogP contribution < -0.4 is 5.32 Å². The lowest BCUT2D eigenvalue weighted by atomic mass is 10.2. The highest BCUT2D eigenvalue weighted by Gasteiger charge is 2.10. The first-order valence-corrected chi connectivity index (χ1v) is 10.6. The monoisotopic (exact) mass is 411 g/mol. The molecule has 2 rings (SSSR count). The molecule has 0 aliphatic rings. The average Bonchev–Trinajstić information content (AvgIpc) is 2.61. The summed E-state index contributed by atoms with van der Waals surface area (Å²) in [5.74, 6) is 2.34. The van der Waals surface area contributed by atoms with E-state index in [4.69, 9.17) is 23.2 Å². The largest absolute Gasteiger partial charge is 0.351 e. The van der Waals surface area contributed by atoms with Gasteiger partial charge in [-0.2, -0.15) is 11.8 Å². The molecule has 2 aromatic carbocycles. The molecule has 0 spiro atoms. The van der Waals surface area contributed by atoms with Gasteiger partial charge in [-0.05, 0) is 29.8 Å². The maximum absolute atomic E-state index is 12.4. The molecule has 0 saturated carbocycles. The first-order valence-electron chi connectivity index (χ1n) is 7.74. The van der Waals surface area contributed by atoms with Crippen LogP contribution in [0.15, 0.2) is 60.0 Å². The highest BCUT2D eigenvalue weighted by Crippen LogP contribution is 2.25. The highest BCUT2D eigenvalue weighted by atomic mass is 35.5. The van der Waals surface area contributed by atoms with Crippen molar-refractivity contribution >= 4 is 52.6 Å². The molecule has 0 aromatic heterocycles. The van der Waals surface area contributed by atoms with Crippen molar-refractivity contribution in [3.05, 3.63) is 76.3 Å². The summed E-state index contributed by atoms with van der Waals surface area (Å²) in [5, 5.41) is 4.29. The molecular formula is C19H19Cl2NOS2. The van der Waals surface area contributed by atoms with Crippen LogP contribution in [0.25, 0.3) is 0 Å². The van der Waals surface area contributed by atoms with E-state index in [0.29, 0.717) is 22.2 Å². The van der Waals surface area contributed by atoms with Gasteiger partial charge < -0.3 is 5.32 Å².